The van der Waals surface area contributed by atoms with Gasteiger partial charge in [-0.15, -0.1) is 0 Å². The minimum Gasteiger partial charge on any atom is -0.463 e. The van der Waals surface area contributed by atoms with Gasteiger partial charge in [0.25, 0.3) is 5.91 Å². The molecule has 0 saturated heterocycles. The van der Waals surface area contributed by atoms with Crippen molar-refractivity contribution in [1.82, 2.24) is 10.6 Å². The van der Waals surface area contributed by atoms with Crippen LogP contribution in [0.15, 0.2) is 24.3 Å². The molecule has 1 rings (SSSR count). The van der Waals surface area contributed by atoms with Gasteiger partial charge >= 0.3 is 5.97 Å². The number of hydrogen-bond donors (Lipinski definition) is 3. The van der Waals surface area contributed by atoms with Crippen LogP contribution in [-0.2, 0) is 19.1 Å². The predicted octanol–water partition coefficient (Wildman–Crippen LogP) is 2.00. The van der Waals surface area contributed by atoms with Crippen molar-refractivity contribution in [1.29, 1.82) is 0 Å². The molecule has 8 nitrogen and oxygen atoms in total. The van der Waals surface area contributed by atoms with Crippen molar-refractivity contribution in [3.05, 3.63) is 29.8 Å². The molecular formula is C19H27N3O5S. The molecule has 28 heavy (non-hydrogen) atoms. The standard InChI is InChI=1S/C19H27N3O5S/c1-3-4-11-20-18(25)14-5-7-15(8-6-14)21-19(28)22-16(23)9-10-17(24)27-13-12-26-2/h5-8H,3-4,9-13H2,1-2H3,(H,20,25)(H2,21,22,23,28). The van der Waals surface area contributed by atoms with Gasteiger partial charge in [0.2, 0.25) is 5.91 Å². The first-order valence-electron chi connectivity index (χ1n) is 9.10. The third kappa shape index (κ3) is 9.98. The van der Waals surface area contributed by atoms with Crippen LogP contribution < -0.4 is 16.0 Å². The molecule has 154 valence electrons. The highest BCUT2D eigenvalue weighted by Gasteiger charge is 2.10. The molecule has 0 heterocycles. The number of carbonyl (C=O) groups excluding carboxylic acids is 3. The summed E-state index contributed by atoms with van der Waals surface area (Å²) in [6, 6.07) is 6.73. The number of methoxy groups -OCH3 is 1. The molecule has 0 bridgehead atoms. The number of anilines is 1. The van der Waals surface area contributed by atoms with Gasteiger partial charge in [-0.2, -0.15) is 0 Å². The van der Waals surface area contributed by atoms with Crippen LogP contribution in [0.1, 0.15) is 43.0 Å². The smallest absolute Gasteiger partial charge is 0.306 e. The first-order chi connectivity index (χ1) is 13.5. The topological polar surface area (TPSA) is 106 Å². The second kappa shape index (κ2) is 13.6. The molecule has 0 saturated carbocycles. The van der Waals surface area contributed by atoms with Crippen molar-refractivity contribution in [3.8, 4) is 0 Å². The van der Waals surface area contributed by atoms with Gasteiger partial charge in [0, 0.05) is 31.3 Å². The quantitative estimate of drug-likeness (QED) is 0.292. The molecule has 0 aliphatic carbocycles. The van der Waals surface area contributed by atoms with E-state index in [1.54, 1.807) is 24.3 Å². The van der Waals surface area contributed by atoms with Crippen molar-refractivity contribution in [2.45, 2.75) is 32.6 Å². The minimum absolute atomic E-state index is 0.0372. The highest BCUT2D eigenvalue weighted by atomic mass is 32.1. The van der Waals surface area contributed by atoms with Crippen LogP contribution in [0, 0.1) is 0 Å². The van der Waals surface area contributed by atoms with Crippen LogP contribution in [0.25, 0.3) is 0 Å². The van der Waals surface area contributed by atoms with E-state index in [1.165, 1.54) is 7.11 Å². The average Bonchev–Trinajstić information content (AvgIpc) is 2.67. The molecule has 9 heteroatoms. The molecule has 0 fully saturated rings. The molecular weight excluding hydrogens is 382 g/mol. The van der Waals surface area contributed by atoms with Crippen LogP contribution in [-0.4, -0.2) is 49.8 Å². The molecule has 0 atom stereocenters. The maximum Gasteiger partial charge on any atom is 0.306 e. The van der Waals surface area contributed by atoms with Crippen molar-refractivity contribution in [2.24, 2.45) is 0 Å². The summed E-state index contributed by atoms with van der Waals surface area (Å²) >= 11 is 5.08. The fourth-order valence-corrected chi connectivity index (χ4v) is 2.30. The molecule has 0 aromatic heterocycles. The Balaban J connectivity index is 2.35. The third-order valence-corrected chi connectivity index (χ3v) is 3.78. The normalized spacial score (nSPS) is 10.1. The van der Waals surface area contributed by atoms with Gasteiger partial charge in [-0.3, -0.25) is 14.4 Å². The first-order valence-corrected chi connectivity index (χ1v) is 9.50. The average molecular weight is 410 g/mol. The molecule has 0 spiro atoms. The van der Waals surface area contributed by atoms with Gasteiger partial charge in [-0.1, -0.05) is 13.3 Å². The van der Waals surface area contributed by atoms with E-state index < -0.39 is 11.9 Å². The van der Waals surface area contributed by atoms with Crippen LogP contribution >= 0.6 is 12.2 Å². The summed E-state index contributed by atoms with van der Waals surface area (Å²) in [5.41, 5.74) is 1.18. The van der Waals surface area contributed by atoms with E-state index in [0.29, 0.717) is 24.4 Å². The van der Waals surface area contributed by atoms with E-state index >= 15 is 0 Å². The second-order valence-corrected chi connectivity index (χ2v) is 6.31. The molecule has 1 aromatic carbocycles. The third-order valence-electron chi connectivity index (χ3n) is 3.58. The lowest BCUT2D eigenvalue weighted by Crippen LogP contribution is -2.34. The Morgan fingerprint density at radius 3 is 2.43 bits per heavy atom. The lowest BCUT2D eigenvalue weighted by atomic mass is 10.2. The fraction of sp³-hybridized carbons (Fsp3) is 0.474. The number of amides is 2. The monoisotopic (exact) mass is 409 g/mol. The lowest BCUT2D eigenvalue weighted by Gasteiger charge is -2.10. The highest BCUT2D eigenvalue weighted by Crippen LogP contribution is 2.09. The number of rotatable bonds is 11. The van der Waals surface area contributed by atoms with Crippen LogP contribution in [0.4, 0.5) is 5.69 Å². The Labute approximate surface area is 170 Å². The second-order valence-electron chi connectivity index (χ2n) is 5.90. The number of benzene rings is 1. The molecule has 1 aromatic rings. The molecule has 0 radical (unpaired) electrons. The Bertz CT molecular complexity index is 664. The molecule has 0 aliphatic rings. The number of carbonyl (C=O) groups is 3. The Hall–Kier alpha value is -2.52. The molecule has 0 aliphatic heterocycles. The summed E-state index contributed by atoms with van der Waals surface area (Å²) in [6.45, 7) is 3.17. The zero-order valence-corrected chi connectivity index (χ0v) is 17.0. The van der Waals surface area contributed by atoms with Gasteiger partial charge in [-0.05, 0) is 42.9 Å². The largest absolute Gasteiger partial charge is 0.463 e. The van der Waals surface area contributed by atoms with E-state index in [2.05, 4.69) is 22.9 Å². The van der Waals surface area contributed by atoms with E-state index in [9.17, 15) is 14.4 Å². The summed E-state index contributed by atoms with van der Waals surface area (Å²) in [5, 5.41) is 8.30. The van der Waals surface area contributed by atoms with Crippen molar-refractivity contribution >= 4 is 40.8 Å². The Morgan fingerprint density at radius 2 is 1.79 bits per heavy atom. The molecule has 0 unspecified atom stereocenters. The van der Waals surface area contributed by atoms with E-state index in [1.807, 2.05) is 0 Å². The van der Waals surface area contributed by atoms with Gasteiger partial charge in [-0.25, -0.2) is 0 Å². The van der Waals surface area contributed by atoms with Crippen LogP contribution in [0.5, 0.6) is 0 Å². The molecule has 3 N–H and O–H groups in total. The highest BCUT2D eigenvalue weighted by molar-refractivity contribution is 7.80. The van der Waals surface area contributed by atoms with Crippen molar-refractivity contribution < 1.29 is 23.9 Å². The van der Waals surface area contributed by atoms with Crippen molar-refractivity contribution in [3.63, 3.8) is 0 Å². The van der Waals surface area contributed by atoms with E-state index in [4.69, 9.17) is 21.7 Å². The summed E-state index contributed by atoms with van der Waals surface area (Å²) in [4.78, 5) is 35.2. The maximum atomic E-state index is 11.9. The fourth-order valence-electron chi connectivity index (χ4n) is 2.06. The summed E-state index contributed by atoms with van der Waals surface area (Å²) in [6.07, 6.45) is 1.87. The van der Waals surface area contributed by atoms with Crippen LogP contribution in [0.3, 0.4) is 0 Å². The summed E-state index contributed by atoms with van der Waals surface area (Å²) in [7, 11) is 1.51. The number of thiocarbonyl (C=S) groups is 1. The predicted molar refractivity (Wildman–Crippen MR) is 110 cm³/mol. The first kappa shape index (κ1) is 23.5. The van der Waals surface area contributed by atoms with E-state index in [0.717, 1.165) is 12.8 Å². The maximum absolute atomic E-state index is 11.9. The zero-order valence-electron chi connectivity index (χ0n) is 16.2. The van der Waals surface area contributed by atoms with Gasteiger partial charge in [0.1, 0.15) is 6.61 Å². The SMILES string of the molecule is CCCCNC(=O)c1ccc(NC(=S)NC(=O)CCC(=O)OCCOC)cc1. The summed E-state index contributed by atoms with van der Waals surface area (Å²) in [5.74, 6) is -1.000. The summed E-state index contributed by atoms with van der Waals surface area (Å²) < 4.78 is 9.63. The number of unbranched alkanes of at least 4 members (excludes halogenated alkanes) is 1. The lowest BCUT2D eigenvalue weighted by molar-refractivity contribution is -0.146. The van der Waals surface area contributed by atoms with Gasteiger partial charge < -0.3 is 25.4 Å². The van der Waals surface area contributed by atoms with Gasteiger partial charge in [0.15, 0.2) is 5.11 Å². The van der Waals surface area contributed by atoms with Gasteiger partial charge in [0.05, 0.1) is 13.0 Å². The Morgan fingerprint density at radius 1 is 1.07 bits per heavy atom. The van der Waals surface area contributed by atoms with Crippen molar-refractivity contribution in [2.75, 3.05) is 32.2 Å². The number of esters is 1. The van der Waals surface area contributed by atoms with Crippen LogP contribution in [0.2, 0.25) is 0 Å². The zero-order chi connectivity index (χ0) is 20.8. The Kier molecular flexibility index (Phi) is 11.4. The number of ether oxygens (including phenoxy) is 2. The number of nitrogens with one attached hydrogen (secondary N) is 3. The van der Waals surface area contributed by atoms with E-state index in [-0.39, 0.29) is 30.5 Å². The molecule has 2 amide bonds. The minimum atomic E-state index is -0.473. The number of hydrogen-bond acceptors (Lipinski definition) is 6.